The Bertz CT molecular complexity index is 2910. The van der Waals surface area contributed by atoms with Crippen LogP contribution in [0.1, 0.15) is 0 Å². The molecule has 0 saturated carbocycles. The average molecular weight is 868 g/mol. The minimum atomic E-state index is 1.10. The molecule has 11 rings (SSSR count). The van der Waals surface area contributed by atoms with Crippen molar-refractivity contribution in [3.05, 3.63) is 139 Å². The summed E-state index contributed by atoms with van der Waals surface area (Å²) in [5, 5.41) is 20.6. The molecule has 0 amide bonds. The monoisotopic (exact) mass is 864 g/mol. The van der Waals surface area contributed by atoms with E-state index in [0.717, 1.165) is 17.9 Å². The van der Waals surface area contributed by atoms with Gasteiger partial charge < -0.3 is 0 Å². The smallest absolute Gasteiger partial charge is 0.0271 e. The van der Waals surface area contributed by atoms with E-state index in [2.05, 4.69) is 185 Å². The molecule has 0 aromatic heterocycles. The first-order valence-electron chi connectivity index (χ1n) is 15.9. The number of fused-ring (bicyclic) bond motifs is 6. The second kappa shape index (κ2) is 9.89. The van der Waals surface area contributed by atoms with Gasteiger partial charge in [0, 0.05) is 39.4 Å². The summed E-state index contributed by atoms with van der Waals surface area (Å²) in [5.74, 6) is 0. The molecular formula is C44H20Br4. The molecule has 0 N–H and O–H groups in total. The summed E-state index contributed by atoms with van der Waals surface area (Å²) in [7, 11) is 0. The Kier molecular flexibility index (Phi) is 5.79. The molecular weight excluding hydrogens is 848 g/mol. The number of hydrogen-bond donors (Lipinski definition) is 0. The molecule has 0 heterocycles. The van der Waals surface area contributed by atoms with Crippen molar-refractivity contribution in [3.8, 4) is 22.3 Å². The summed E-state index contributed by atoms with van der Waals surface area (Å²) in [4.78, 5) is 0. The van der Waals surface area contributed by atoms with Crippen molar-refractivity contribution >= 4 is 150 Å². The van der Waals surface area contributed by atoms with E-state index in [9.17, 15) is 0 Å². The lowest BCUT2D eigenvalue weighted by Gasteiger charge is -2.26. The minimum Gasteiger partial charge on any atom is -0.0622 e. The van der Waals surface area contributed by atoms with Gasteiger partial charge in [0.15, 0.2) is 0 Å². The fourth-order valence-corrected chi connectivity index (χ4v) is 11.9. The zero-order valence-electron chi connectivity index (χ0n) is 25.1. The van der Waals surface area contributed by atoms with Crippen LogP contribution in [0.2, 0.25) is 0 Å². The summed E-state index contributed by atoms with van der Waals surface area (Å²) < 4.78 is 4.40. The molecule has 0 nitrogen and oxygen atoms in total. The van der Waals surface area contributed by atoms with Crippen LogP contribution >= 0.6 is 63.7 Å². The van der Waals surface area contributed by atoms with E-state index in [4.69, 9.17) is 0 Å². The summed E-state index contributed by atoms with van der Waals surface area (Å²) in [6.07, 6.45) is 0. The molecule has 11 aromatic carbocycles. The van der Waals surface area contributed by atoms with Crippen LogP contribution in [-0.4, -0.2) is 0 Å². The van der Waals surface area contributed by atoms with Crippen molar-refractivity contribution in [2.24, 2.45) is 0 Å². The quantitative estimate of drug-likeness (QED) is 0.120. The number of benzene rings is 11. The van der Waals surface area contributed by atoms with Crippen LogP contribution in [0.3, 0.4) is 0 Å². The normalized spacial score (nSPS) is 12.6. The Hall–Kier alpha value is -3.80. The van der Waals surface area contributed by atoms with Crippen LogP contribution in [0.25, 0.3) is 108 Å². The van der Waals surface area contributed by atoms with Crippen molar-refractivity contribution in [2.75, 3.05) is 0 Å². The van der Waals surface area contributed by atoms with E-state index in [0.29, 0.717) is 0 Å². The maximum absolute atomic E-state index is 4.10. The molecule has 0 spiro atoms. The van der Waals surface area contributed by atoms with Gasteiger partial charge in [-0.15, -0.1) is 0 Å². The molecule has 0 aliphatic carbocycles. The van der Waals surface area contributed by atoms with Gasteiger partial charge in [0.2, 0.25) is 0 Å². The lowest BCUT2D eigenvalue weighted by molar-refractivity contribution is 1.66. The molecule has 0 aliphatic heterocycles. The number of halogens is 4. The zero-order chi connectivity index (χ0) is 32.0. The van der Waals surface area contributed by atoms with Gasteiger partial charge in [-0.3, -0.25) is 0 Å². The lowest BCUT2D eigenvalue weighted by atomic mass is 9.78. The molecule has 0 atom stereocenters. The summed E-state index contributed by atoms with van der Waals surface area (Å²) in [5.41, 5.74) is 4.95. The SMILES string of the molecule is Brc1cc2c3cccc(-c4ccccc4)c3c3cc(Br)c4c(Br)cc5c6cccc(-c7ccccc7)c6c6cc(Br)c1c1c2c3c4c5c61. The fourth-order valence-electron chi connectivity index (χ4n) is 8.79. The molecule has 0 fully saturated rings. The third-order valence-corrected chi connectivity index (χ3v) is 13.0. The summed E-state index contributed by atoms with van der Waals surface area (Å²) in [6.45, 7) is 0. The van der Waals surface area contributed by atoms with Crippen molar-refractivity contribution in [3.63, 3.8) is 0 Å². The zero-order valence-corrected chi connectivity index (χ0v) is 31.4. The first kappa shape index (κ1) is 28.1. The highest BCUT2D eigenvalue weighted by Gasteiger charge is 2.29. The van der Waals surface area contributed by atoms with Gasteiger partial charge in [0.05, 0.1) is 0 Å². The van der Waals surface area contributed by atoms with E-state index >= 15 is 0 Å². The van der Waals surface area contributed by atoms with Gasteiger partial charge in [0.1, 0.15) is 0 Å². The van der Waals surface area contributed by atoms with Crippen LogP contribution in [0, 0.1) is 0 Å². The van der Waals surface area contributed by atoms with Crippen molar-refractivity contribution in [1.82, 2.24) is 0 Å². The molecule has 0 aliphatic rings. The predicted octanol–water partition coefficient (Wildman–Crippen LogP) is 15.6. The van der Waals surface area contributed by atoms with E-state index < -0.39 is 0 Å². The number of hydrogen-bond acceptors (Lipinski definition) is 0. The van der Waals surface area contributed by atoms with Crippen molar-refractivity contribution in [2.45, 2.75) is 0 Å². The van der Waals surface area contributed by atoms with Crippen molar-refractivity contribution < 1.29 is 0 Å². The molecule has 0 radical (unpaired) electrons. The minimum absolute atomic E-state index is 1.10. The Morgan fingerprint density at radius 3 is 1.00 bits per heavy atom. The third kappa shape index (κ3) is 3.44. The largest absolute Gasteiger partial charge is 0.0622 e. The van der Waals surface area contributed by atoms with Crippen LogP contribution < -0.4 is 0 Å². The van der Waals surface area contributed by atoms with Crippen LogP contribution in [0.4, 0.5) is 0 Å². The summed E-state index contributed by atoms with van der Waals surface area (Å²) >= 11 is 16.4. The third-order valence-electron chi connectivity index (χ3n) is 10.5. The maximum Gasteiger partial charge on any atom is 0.0271 e. The van der Waals surface area contributed by atoms with Gasteiger partial charge in [-0.1, -0.05) is 161 Å². The molecule has 11 aromatic rings. The van der Waals surface area contributed by atoms with E-state index in [1.807, 2.05) is 0 Å². The van der Waals surface area contributed by atoms with E-state index in [-0.39, 0.29) is 0 Å². The Morgan fingerprint density at radius 1 is 0.250 bits per heavy atom. The topological polar surface area (TPSA) is 0 Å². The highest BCUT2D eigenvalue weighted by atomic mass is 79.9. The molecule has 0 saturated heterocycles. The van der Waals surface area contributed by atoms with Gasteiger partial charge in [0.25, 0.3) is 0 Å². The van der Waals surface area contributed by atoms with Crippen molar-refractivity contribution in [1.29, 1.82) is 0 Å². The van der Waals surface area contributed by atoms with Gasteiger partial charge in [-0.25, -0.2) is 0 Å². The maximum atomic E-state index is 4.10. The van der Waals surface area contributed by atoms with Crippen LogP contribution in [0.5, 0.6) is 0 Å². The Labute approximate surface area is 308 Å². The van der Waals surface area contributed by atoms with E-state index in [1.54, 1.807) is 0 Å². The van der Waals surface area contributed by atoms with Crippen LogP contribution in [-0.2, 0) is 0 Å². The summed E-state index contributed by atoms with van der Waals surface area (Å²) in [6, 6.07) is 44.7. The molecule has 0 bridgehead atoms. The molecule has 4 heteroatoms. The Balaban J connectivity index is 1.53. The highest BCUT2D eigenvalue weighted by molar-refractivity contribution is 9.11. The van der Waals surface area contributed by atoms with Crippen LogP contribution in [0.15, 0.2) is 139 Å². The van der Waals surface area contributed by atoms with Gasteiger partial charge >= 0.3 is 0 Å². The molecule has 0 unspecified atom stereocenters. The van der Waals surface area contributed by atoms with Gasteiger partial charge in [-0.2, -0.15) is 0 Å². The first-order valence-corrected chi connectivity index (χ1v) is 19.0. The molecule has 224 valence electrons. The average Bonchev–Trinajstić information content (AvgIpc) is 3.11. The molecule has 48 heavy (non-hydrogen) atoms. The Morgan fingerprint density at radius 2 is 0.604 bits per heavy atom. The number of rotatable bonds is 2. The fraction of sp³-hybridized carbons (Fsp3) is 0. The second-order valence-electron chi connectivity index (χ2n) is 12.8. The first-order chi connectivity index (χ1) is 23.5. The van der Waals surface area contributed by atoms with E-state index in [1.165, 1.54) is 108 Å². The lowest BCUT2D eigenvalue weighted by Crippen LogP contribution is -1.98. The highest BCUT2D eigenvalue weighted by Crippen LogP contribution is 2.58. The standard InChI is InChI=1S/C44H20Br4/c45-31-17-27-25-15-7-13-23(21-9-3-1-4-10-21)35(25)29-19-33(47)41-32(46)18-28-26-16-8-14-24(22-11-5-2-6-12-22)36(26)30-20-34(48)42(31)44-37(27)39(29)43(41)38(28)40(30)44/h1-20H. The predicted molar refractivity (Wildman–Crippen MR) is 222 cm³/mol. The van der Waals surface area contributed by atoms with Gasteiger partial charge in [-0.05, 0) is 111 Å². The second-order valence-corrected chi connectivity index (χ2v) is 16.2.